The van der Waals surface area contributed by atoms with Crippen LogP contribution in [0, 0.1) is 5.41 Å². The third-order valence-corrected chi connectivity index (χ3v) is 4.42. The zero-order valence-electron chi connectivity index (χ0n) is 11.3. The van der Waals surface area contributed by atoms with Crippen LogP contribution in [0.1, 0.15) is 31.0 Å². The smallest absolute Gasteiger partial charge is 0.0570 e. The van der Waals surface area contributed by atoms with Crippen molar-refractivity contribution in [2.45, 2.75) is 26.3 Å². The quantitative estimate of drug-likeness (QED) is 0.804. The number of benzene rings is 2. The molecule has 1 unspecified atom stereocenters. The topological polar surface area (TPSA) is 12.0 Å². The number of hydrogen-bond acceptors (Lipinski definition) is 1. The fourth-order valence-corrected chi connectivity index (χ4v) is 3.41. The number of fused-ring (bicyclic) bond motifs is 1. The van der Waals surface area contributed by atoms with Crippen molar-refractivity contribution in [2.24, 2.45) is 5.41 Å². The Bertz CT molecular complexity index is 604. The highest BCUT2D eigenvalue weighted by atomic mass is 79.9. The Kier molecular flexibility index (Phi) is 3.14. The summed E-state index contributed by atoms with van der Waals surface area (Å²) in [4.78, 5) is 0. The van der Waals surface area contributed by atoms with Crippen LogP contribution in [0.3, 0.4) is 0 Å². The molecule has 3 rings (SSSR count). The molecule has 0 bridgehead atoms. The lowest BCUT2D eigenvalue weighted by Gasteiger charge is -2.29. The number of halogens is 1. The lowest BCUT2D eigenvalue weighted by atomic mass is 9.85. The van der Waals surface area contributed by atoms with E-state index in [0.29, 0.717) is 6.04 Å². The molecule has 0 saturated carbocycles. The van der Waals surface area contributed by atoms with Crippen LogP contribution in [0.15, 0.2) is 53.0 Å². The molecule has 1 nitrogen and oxygen atoms in total. The predicted octanol–water partition coefficient (Wildman–Crippen LogP) is 5.18. The predicted molar refractivity (Wildman–Crippen MR) is 84.4 cm³/mol. The van der Waals surface area contributed by atoms with E-state index in [9.17, 15) is 0 Å². The first-order valence-corrected chi connectivity index (χ1v) is 7.45. The van der Waals surface area contributed by atoms with Crippen molar-refractivity contribution < 1.29 is 0 Å². The zero-order valence-corrected chi connectivity index (χ0v) is 12.9. The van der Waals surface area contributed by atoms with Gasteiger partial charge in [-0.2, -0.15) is 0 Å². The van der Waals surface area contributed by atoms with Gasteiger partial charge in [-0.1, -0.05) is 60.1 Å². The third-order valence-electron chi connectivity index (χ3n) is 3.93. The average molecular weight is 316 g/mol. The van der Waals surface area contributed by atoms with Gasteiger partial charge in [-0.3, -0.25) is 0 Å². The SMILES string of the molecule is CC1(C)Cc2ccccc2C1Nc1cccc(Br)c1. The number of nitrogens with one attached hydrogen (secondary N) is 1. The van der Waals surface area contributed by atoms with Gasteiger partial charge in [0, 0.05) is 10.2 Å². The number of hydrogen-bond donors (Lipinski definition) is 1. The largest absolute Gasteiger partial charge is 0.378 e. The lowest BCUT2D eigenvalue weighted by Crippen LogP contribution is -2.24. The Morgan fingerprint density at radius 2 is 1.89 bits per heavy atom. The van der Waals surface area contributed by atoms with Crippen molar-refractivity contribution in [3.63, 3.8) is 0 Å². The number of anilines is 1. The molecule has 0 aliphatic heterocycles. The molecular weight excluding hydrogens is 298 g/mol. The van der Waals surface area contributed by atoms with Crippen LogP contribution in [-0.2, 0) is 6.42 Å². The maximum Gasteiger partial charge on any atom is 0.0570 e. The molecule has 0 spiro atoms. The summed E-state index contributed by atoms with van der Waals surface area (Å²) < 4.78 is 1.11. The minimum absolute atomic E-state index is 0.242. The molecule has 19 heavy (non-hydrogen) atoms. The Balaban J connectivity index is 1.95. The van der Waals surface area contributed by atoms with Crippen LogP contribution in [-0.4, -0.2) is 0 Å². The maximum atomic E-state index is 3.70. The van der Waals surface area contributed by atoms with E-state index in [1.165, 1.54) is 16.8 Å². The molecule has 2 heteroatoms. The van der Waals surface area contributed by atoms with E-state index in [0.717, 1.165) is 10.9 Å². The zero-order chi connectivity index (χ0) is 13.5. The summed E-state index contributed by atoms with van der Waals surface area (Å²) in [5, 5.41) is 3.70. The molecule has 1 aliphatic carbocycles. The van der Waals surface area contributed by atoms with Crippen LogP contribution in [0.5, 0.6) is 0 Å². The Hall–Kier alpha value is -1.28. The summed E-state index contributed by atoms with van der Waals surface area (Å²) in [5.41, 5.74) is 4.32. The average Bonchev–Trinajstić information content (AvgIpc) is 2.61. The highest BCUT2D eigenvalue weighted by Crippen LogP contribution is 2.46. The molecular formula is C17H18BrN. The molecule has 0 heterocycles. The van der Waals surface area contributed by atoms with Crippen molar-refractivity contribution in [1.29, 1.82) is 0 Å². The van der Waals surface area contributed by atoms with Gasteiger partial charge in [0.25, 0.3) is 0 Å². The minimum Gasteiger partial charge on any atom is -0.378 e. The molecule has 0 amide bonds. The van der Waals surface area contributed by atoms with E-state index >= 15 is 0 Å². The number of rotatable bonds is 2. The van der Waals surface area contributed by atoms with Crippen LogP contribution < -0.4 is 5.32 Å². The molecule has 98 valence electrons. The van der Waals surface area contributed by atoms with E-state index in [1.807, 2.05) is 0 Å². The van der Waals surface area contributed by atoms with Gasteiger partial charge in [-0.05, 0) is 41.2 Å². The third kappa shape index (κ3) is 2.42. The van der Waals surface area contributed by atoms with Crippen molar-refractivity contribution in [3.05, 3.63) is 64.1 Å². The standard InChI is InChI=1S/C17H18BrN/c1-17(2)11-12-6-3-4-9-15(12)16(17)19-14-8-5-7-13(18)10-14/h3-10,16,19H,11H2,1-2H3. The molecule has 1 aliphatic rings. The van der Waals surface area contributed by atoms with E-state index in [1.54, 1.807) is 0 Å². The molecule has 0 radical (unpaired) electrons. The van der Waals surface area contributed by atoms with E-state index in [4.69, 9.17) is 0 Å². The highest BCUT2D eigenvalue weighted by molar-refractivity contribution is 9.10. The van der Waals surface area contributed by atoms with E-state index in [2.05, 4.69) is 83.6 Å². The monoisotopic (exact) mass is 315 g/mol. The molecule has 2 aromatic rings. The molecule has 2 aromatic carbocycles. The first kappa shape index (κ1) is 12.7. The van der Waals surface area contributed by atoms with Crippen LogP contribution in [0.25, 0.3) is 0 Å². The van der Waals surface area contributed by atoms with Gasteiger partial charge in [0.1, 0.15) is 0 Å². The summed E-state index contributed by atoms with van der Waals surface area (Å²) in [5.74, 6) is 0. The first-order chi connectivity index (χ1) is 9.06. The minimum atomic E-state index is 0.242. The Morgan fingerprint density at radius 1 is 1.11 bits per heavy atom. The van der Waals surface area contributed by atoms with Crippen LogP contribution in [0.4, 0.5) is 5.69 Å². The van der Waals surface area contributed by atoms with Crippen LogP contribution in [0.2, 0.25) is 0 Å². The molecule has 0 aromatic heterocycles. The van der Waals surface area contributed by atoms with E-state index < -0.39 is 0 Å². The van der Waals surface area contributed by atoms with Gasteiger partial charge < -0.3 is 5.32 Å². The van der Waals surface area contributed by atoms with Crippen molar-refractivity contribution >= 4 is 21.6 Å². The van der Waals surface area contributed by atoms with Crippen molar-refractivity contribution in [1.82, 2.24) is 0 Å². The summed E-state index contributed by atoms with van der Waals surface area (Å²) in [7, 11) is 0. The van der Waals surface area contributed by atoms with E-state index in [-0.39, 0.29) is 5.41 Å². The second-order valence-corrected chi connectivity index (χ2v) is 6.87. The first-order valence-electron chi connectivity index (χ1n) is 6.66. The van der Waals surface area contributed by atoms with Gasteiger partial charge in [0.2, 0.25) is 0 Å². The molecule has 1 N–H and O–H groups in total. The Labute approximate surface area is 123 Å². The normalized spacial score (nSPS) is 20.1. The van der Waals surface area contributed by atoms with Gasteiger partial charge in [0.15, 0.2) is 0 Å². The van der Waals surface area contributed by atoms with Crippen LogP contribution >= 0.6 is 15.9 Å². The molecule has 0 saturated heterocycles. The molecule has 1 atom stereocenters. The summed E-state index contributed by atoms with van der Waals surface area (Å²) in [6.07, 6.45) is 1.13. The van der Waals surface area contributed by atoms with Crippen molar-refractivity contribution in [2.75, 3.05) is 5.32 Å². The fraction of sp³-hybridized carbons (Fsp3) is 0.294. The highest BCUT2D eigenvalue weighted by Gasteiger charge is 2.38. The van der Waals surface area contributed by atoms with Crippen molar-refractivity contribution in [3.8, 4) is 0 Å². The summed E-state index contributed by atoms with van der Waals surface area (Å²) >= 11 is 3.53. The van der Waals surface area contributed by atoms with Gasteiger partial charge in [-0.15, -0.1) is 0 Å². The molecule has 0 fully saturated rings. The fourth-order valence-electron chi connectivity index (χ4n) is 3.01. The Morgan fingerprint density at radius 3 is 2.68 bits per heavy atom. The second-order valence-electron chi connectivity index (χ2n) is 5.95. The van der Waals surface area contributed by atoms with Gasteiger partial charge in [-0.25, -0.2) is 0 Å². The summed E-state index contributed by atoms with van der Waals surface area (Å²) in [6.45, 7) is 4.67. The maximum absolute atomic E-state index is 3.70. The summed E-state index contributed by atoms with van der Waals surface area (Å²) in [6, 6.07) is 17.5. The lowest BCUT2D eigenvalue weighted by molar-refractivity contribution is 0.337. The van der Waals surface area contributed by atoms with Gasteiger partial charge in [0.05, 0.1) is 6.04 Å². The van der Waals surface area contributed by atoms with Gasteiger partial charge >= 0.3 is 0 Å². The second kappa shape index (κ2) is 4.68.